The van der Waals surface area contributed by atoms with Crippen molar-refractivity contribution in [1.29, 1.82) is 0 Å². The number of carbonyl (C=O) groups excluding carboxylic acids is 1. The first kappa shape index (κ1) is 12.2. The van der Waals surface area contributed by atoms with Crippen molar-refractivity contribution in [2.45, 2.75) is 38.5 Å². The fraction of sp³-hybridized carbons (Fsp3) is 0.533. The van der Waals surface area contributed by atoms with Gasteiger partial charge in [-0.1, -0.05) is 18.2 Å². The van der Waals surface area contributed by atoms with Crippen LogP contribution >= 0.6 is 0 Å². The molecule has 0 atom stereocenters. The largest absolute Gasteiger partial charge is 0.494 e. The molecule has 0 radical (unpaired) electrons. The maximum absolute atomic E-state index is 11.4. The van der Waals surface area contributed by atoms with Gasteiger partial charge in [0, 0.05) is 12.3 Å². The minimum Gasteiger partial charge on any atom is -0.494 e. The first-order valence-corrected chi connectivity index (χ1v) is 6.57. The van der Waals surface area contributed by atoms with Gasteiger partial charge in [-0.3, -0.25) is 4.79 Å². The number of rotatable bonds is 8. The van der Waals surface area contributed by atoms with Gasteiger partial charge in [0.05, 0.1) is 6.61 Å². The van der Waals surface area contributed by atoms with Gasteiger partial charge in [0.1, 0.15) is 11.5 Å². The average Bonchev–Trinajstić information content (AvgIpc) is 3.19. The molecule has 0 saturated heterocycles. The molecule has 2 heteroatoms. The van der Waals surface area contributed by atoms with Crippen molar-refractivity contribution < 1.29 is 9.53 Å². The van der Waals surface area contributed by atoms with E-state index >= 15 is 0 Å². The van der Waals surface area contributed by atoms with E-state index < -0.39 is 0 Å². The number of benzene rings is 1. The van der Waals surface area contributed by atoms with E-state index in [4.69, 9.17) is 4.74 Å². The first-order chi connectivity index (χ1) is 8.36. The smallest absolute Gasteiger partial charge is 0.135 e. The third-order valence-corrected chi connectivity index (χ3v) is 3.11. The van der Waals surface area contributed by atoms with Gasteiger partial charge in [0.15, 0.2) is 0 Å². The van der Waals surface area contributed by atoms with Crippen LogP contribution in [0.5, 0.6) is 5.75 Å². The highest BCUT2D eigenvalue weighted by Gasteiger charge is 2.28. The molecule has 1 aliphatic carbocycles. The van der Waals surface area contributed by atoms with Crippen molar-refractivity contribution in [3.8, 4) is 5.75 Å². The van der Waals surface area contributed by atoms with Crippen molar-refractivity contribution in [2.75, 3.05) is 6.61 Å². The Bertz CT molecular complexity index is 341. The molecule has 1 aromatic carbocycles. The number of unbranched alkanes of at least 4 members (excludes halogenated alkanes) is 2. The van der Waals surface area contributed by atoms with Gasteiger partial charge in [-0.25, -0.2) is 0 Å². The Morgan fingerprint density at radius 2 is 1.88 bits per heavy atom. The van der Waals surface area contributed by atoms with Gasteiger partial charge in [-0.15, -0.1) is 0 Å². The third-order valence-electron chi connectivity index (χ3n) is 3.11. The summed E-state index contributed by atoms with van der Waals surface area (Å²) < 4.78 is 5.59. The van der Waals surface area contributed by atoms with Crippen LogP contribution in [0.15, 0.2) is 30.3 Å². The van der Waals surface area contributed by atoms with E-state index in [1.165, 1.54) is 0 Å². The van der Waals surface area contributed by atoms with E-state index in [1.807, 2.05) is 30.3 Å². The number of hydrogen-bond acceptors (Lipinski definition) is 2. The lowest BCUT2D eigenvalue weighted by Gasteiger charge is -2.05. The molecule has 0 aromatic heterocycles. The quantitative estimate of drug-likeness (QED) is 0.640. The van der Waals surface area contributed by atoms with Gasteiger partial charge in [-0.05, 0) is 44.2 Å². The molecule has 2 rings (SSSR count). The highest BCUT2D eigenvalue weighted by atomic mass is 16.5. The fourth-order valence-corrected chi connectivity index (χ4v) is 1.89. The van der Waals surface area contributed by atoms with Crippen LogP contribution in [-0.4, -0.2) is 12.4 Å². The number of hydrogen-bond donors (Lipinski definition) is 0. The van der Waals surface area contributed by atoms with Crippen LogP contribution in [0.4, 0.5) is 0 Å². The lowest BCUT2D eigenvalue weighted by Crippen LogP contribution is -2.01. The third kappa shape index (κ3) is 4.59. The summed E-state index contributed by atoms with van der Waals surface area (Å²) in [7, 11) is 0. The summed E-state index contributed by atoms with van der Waals surface area (Å²) >= 11 is 0. The highest BCUT2D eigenvalue weighted by Crippen LogP contribution is 2.31. The molecule has 0 bridgehead atoms. The monoisotopic (exact) mass is 232 g/mol. The van der Waals surface area contributed by atoms with E-state index in [0.717, 1.165) is 50.9 Å². The summed E-state index contributed by atoms with van der Waals surface area (Å²) in [5.41, 5.74) is 0. The minimum atomic E-state index is 0.426. The summed E-state index contributed by atoms with van der Waals surface area (Å²) in [5, 5.41) is 0. The Morgan fingerprint density at radius 1 is 1.12 bits per heavy atom. The molecule has 92 valence electrons. The minimum absolute atomic E-state index is 0.426. The van der Waals surface area contributed by atoms with Crippen LogP contribution < -0.4 is 4.74 Å². The van der Waals surface area contributed by atoms with Crippen LogP contribution in [0.1, 0.15) is 38.5 Å². The molecule has 2 nitrogen and oxygen atoms in total. The van der Waals surface area contributed by atoms with E-state index in [-0.39, 0.29) is 0 Å². The average molecular weight is 232 g/mol. The molecule has 0 N–H and O–H groups in total. The van der Waals surface area contributed by atoms with Gasteiger partial charge >= 0.3 is 0 Å². The Morgan fingerprint density at radius 3 is 2.59 bits per heavy atom. The van der Waals surface area contributed by atoms with E-state index in [2.05, 4.69) is 0 Å². The number of Topliss-reactive ketones (excluding diaryl/α,β-unsaturated/α-hetero) is 1. The maximum atomic E-state index is 11.4. The Kier molecular flexibility index (Phi) is 4.60. The number of para-hydroxylation sites is 1. The number of ether oxygens (including phenoxy) is 1. The second-order valence-electron chi connectivity index (χ2n) is 4.71. The molecular weight excluding hydrogens is 212 g/mol. The van der Waals surface area contributed by atoms with E-state index in [9.17, 15) is 4.79 Å². The molecule has 0 amide bonds. The predicted molar refractivity (Wildman–Crippen MR) is 68.1 cm³/mol. The molecule has 1 saturated carbocycles. The van der Waals surface area contributed by atoms with Gasteiger partial charge in [-0.2, -0.15) is 0 Å². The maximum Gasteiger partial charge on any atom is 0.135 e. The highest BCUT2D eigenvalue weighted by molar-refractivity contribution is 5.82. The summed E-state index contributed by atoms with van der Waals surface area (Å²) in [6, 6.07) is 9.87. The predicted octanol–water partition coefficient (Wildman–Crippen LogP) is 3.60. The van der Waals surface area contributed by atoms with Crippen LogP contribution in [0, 0.1) is 5.92 Å². The van der Waals surface area contributed by atoms with Crippen molar-refractivity contribution in [1.82, 2.24) is 0 Å². The van der Waals surface area contributed by atoms with E-state index in [1.54, 1.807) is 0 Å². The molecule has 1 aromatic rings. The lowest BCUT2D eigenvalue weighted by atomic mass is 10.1. The number of carbonyl (C=O) groups is 1. The summed E-state index contributed by atoms with van der Waals surface area (Å²) in [5.74, 6) is 1.84. The molecular formula is C15H20O2. The summed E-state index contributed by atoms with van der Waals surface area (Å²) in [6.07, 6.45) is 6.19. The van der Waals surface area contributed by atoms with Gasteiger partial charge < -0.3 is 4.74 Å². The van der Waals surface area contributed by atoms with Crippen LogP contribution in [-0.2, 0) is 4.79 Å². The van der Waals surface area contributed by atoms with Crippen LogP contribution in [0.25, 0.3) is 0 Å². The fourth-order valence-electron chi connectivity index (χ4n) is 1.89. The lowest BCUT2D eigenvalue weighted by molar-refractivity contribution is -0.120. The molecule has 0 aliphatic heterocycles. The SMILES string of the molecule is O=C(CCCCCOc1ccccc1)C1CC1. The first-order valence-electron chi connectivity index (χ1n) is 6.57. The van der Waals surface area contributed by atoms with Crippen molar-refractivity contribution in [3.05, 3.63) is 30.3 Å². The Hall–Kier alpha value is -1.31. The topological polar surface area (TPSA) is 26.3 Å². The van der Waals surface area contributed by atoms with Crippen LogP contribution in [0.2, 0.25) is 0 Å². The van der Waals surface area contributed by atoms with Crippen molar-refractivity contribution in [2.24, 2.45) is 5.92 Å². The van der Waals surface area contributed by atoms with Gasteiger partial charge in [0.2, 0.25) is 0 Å². The zero-order chi connectivity index (χ0) is 11.9. The second kappa shape index (κ2) is 6.43. The van der Waals surface area contributed by atoms with Gasteiger partial charge in [0.25, 0.3) is 0 Å². The summed E-state index contributed by atoms with van der Waals surface area (Å²) in [6.45, 7) is 0.752. The molecule has 17 heavy (non-hydrogen) atoms. The number of ketones is 1. The Balaban J connectivity index is 1.47. The van der Waals surface area contributed by atoms with Crippen molar-refractivity contribution >= 4 is 5.78 Å². The molecule has 1 fully saturated rings. The molecule has 0 heterocycles. The second-order valence-corrected chi connectivity index (χ2v) is 4.71. The normalized spacial score (nSPS) is 14.6. The molecule has 1 aliphatic rings. The summed E-state index contributed by atoms with van der Waals surface area (Å²) in [4.78, 5) is 11.4. The molecule has 0 spiro atoms. The standard InChI is InChI=1S/C15H20O2/c16-15(13-10-11-13)9-5-2-6-12-17-14-7-3-1-4-8-14/h1,3-4,7-8,13H,2,5-6,9-12H2. The van der Waals surface area contributed by atoms with Crippen LogP contribution in [0.3, 0.4) is 0 Å². The Labute approximate surface area is 103 Å². The molecule has 0 unspecified atom stereocenters. The van der Waals surface area contributed by atoms with Crippen molar-refractivity contribution in [3.63, 3.8) is 0 Å². The zero-order valence-electron chi connectivity index (χ0n) is 10.2. The zero-order valence-corrected chi connectivity index (χ0v) is 10.2. The van der Waals surface area contributed by atoms with E-state index in [0.29, 0.717) is 11.7 Å².